The molecule has 2 heterocycles. The van der Waals surface area contributed by atoms with Crippen molar-refractivity contribution in [1.29, 1.82) is 0 Å². The molecule has 0 saturated carbocycles. The number of rotatable bonds is 2. The molecule has 164 valence electrons. The molecule has 0 aliphatic rings. The van der Waals surface area contributed by atoms with E-state index in [-0.39, 0.29) is 5.82 Å². The second-order valence-electron chi connectivity index (χ2n) is 8.64. The Bertz CT molecular complexity index is 1980. The second-order valence-corrected chi connectivity index (χ2v) is 8.64. The predicted octanol–water partition coefficient (Wildman–Crippen LogP) is 8.57. The Morgan fingerprint density at radius 1 is 0.543 bits per heavy atom. The van der Waals surface area contributed by atoms with E-state index in [1.807, 2.05) is 54.6 Å². The van der Waals surface area contributed by atoms with Crippen LogP contribution in [0.1, 0.15) is 0 Å². The van der Waals surface area contributed by atoms with E-state index in [1.165, 1.54) is 6.07 Å². The third-order valence-corrected chi connectivity index (χ3v) is 6.79. The molecular formula is C31H18FN3. The van der Waals surface area contributed by atoms with Gasteiger partial charge in [-0.3, -0.25) is 0 Å². The van der Waals surface area contributed by atoms with Crippen LogP contribution in [0.3, 0.4) is 0 Å². The van der Waals surface area contributed by atoms with Crippen LogP contribution < -0.4 is 0 Å². The molecule has 0 saturated heterocycles. The first-order chi connectivity index (χ1) is 17.3. The van der Waals surface area contributed by atoms with Crippen LogP contribution in [0.25, 0.3) is 59.8 Å². The van der Waals surface area contributed by atoms with Crippen molar-refractivity contribution in [3.63, 3.8) is 0 Å². The topological polar surface area (TPSA) is 14.2 Å². The fourth-order valence-electron chi connectivity index (χ4n) is 5.38. The molecule has 35 heavy (non-hydrogen) atoms. The van der Waals surface area contributed by atoms with Gasteiger partial charge in [-0.2, -0.15) is 0 Å². The minimum atomic E-state index is -0.271. The van der Waals surface area contributed by atoms with Crippen LogP contribution in [0.5, 0.6) is 0 Å². The normalized spacial score (nSPS) is 11.5. The second kappa shape index (κ2) is 7.31. The van der Waals surface area contributed by atoms with Gasteiger partial charge >= 0.3 is 0 Å². The zero-order chi connectivity index (χ0) is 23.5. The Balaban J connectivity index is 1.74. The molecule has 7 rings (SSSR count). The number of fused-ring (bicyclic) bond motifs is 6. The van der Waals surface area contributed by atoms with E-state index >= 15 is 0 Å². The summed E-state index contributed by atoms with van der Waals surface area (Å²) in [4.78, 5) is 3.82. The zero-order valence-electron chi connectivity index (χ0n) is 18.6. The summed E-state index contributed by atoms with van der Waals surface area (Å²) < 4.78 is 18.9. The highest BCUT2D eigenvalue weighted by molar-refractivity contribution is 6.15. The van der Waals surface area contributed by atoms with Gasteiger partial charge in [0.2, 0.25) is 5.69 Å². The lowest BCUT2D eigenvalue weighted by Gasteiger charge is -2.15. The number of aromatic nitrogens is 2. The molecule has 0 amide bonds. The first-order valence-corrected chi connectivity index (χ1v) is 11.4. The Hall–Kier alpha value is -4.88. The molecule has 0 bridgehead atoms. The van der Waals surface area contributed by atoms with Crippen LogP contribution in [0.2, 0.25) is 0 Å². The molecule has 0 fully saturated rings. The lowest BCUT2D eigenvalue weighted by atomic mass is 10.1. The molecule has 4 heteroatoms. The van der Waals surface area contributed by atoms with E-state index in [0.29, 0.717) is 5.69 Å². The van der Waals surface area contributed by atoms with Crippen LogP contribution in [0.4, 0.5) is 10.1 Å². The number of halogens is 1. The summed E-state index contributed by atoms with van der Waals surface area (Å²) in [5, 5.41) is 4.27. The van der Waals surface area contributed by atoms with Crippen molar-refractivity contribution in [2.75, 3.05) is 0 Å². The zero-order valence-corrected chi connectivity index (χ0v) is 18.6. The van der Waals surface area contributed by atoms with E-state index in [1.54, 1.807) is 6.07 Å². The van der Waals surface area contributed by atoms with Gasteiger partial charge in [-0.25, -0.2) is 9.24 Å². The van der Waals surface area contributed by atoms with Gasteiger partial charge in [0.25, 0.3) is 0 Å². The monoisotopic (exact) mass is 451 g/mol. The molecular weight excluding hydrogens is 433 g/mol. The summed E-state index contributed by atoms with van der Waals surface area (Å²) in [6, 6.07) is 35.4. The number of para-hydroxylation sites is 5. The molecule has 3 nitrogen and oxygen atoms in total. The fraction of sp³-hybridized carbons (Fsp3) is 0. The standard InChI is InChI=1S/C31H18FN3/c1-33-25-12-4-7-15-28(25)35-27-14-6-3-10-22(27)24-11-8-16-29(31(24)35)34-26-13-5-2-9-21(26)23-18-17-20(32)19-30(23)34/h2-19H. The lowest BCUT2D eigenvalue weighted by Crippen LogP contribution is -2.00. The van der Waals surface area contributed by atoms with Crippen molar-refractivity contribution in [2.45, 2.75) is 0 Å². The average molecular weight is 452 g/mol. The van der Waals surface area contributed by atoms with Crippen molar-refractivity contribution in [3.8, 4) is 11.4 Å². The predicted molar refractivity (Wildman–Crippen MR) is 141 cm³/mol. The lowest BCUT2D eigenvalue weighted by molar-refractivity contribution is 0.629. The van der Waals surface area contributed by atoms with Crippen LogP contribution in [-0.2, 0) is 0 Å². The molecule has 0 N–H and O–H groups in total. The first kappa shape index (κ1) is 19.6. The number of hydrogen-bond donors (Lipinski definition) is 0. The van der Waals surface area contributed by atoms with Crippen LogP contribution in [-0.4, -0.2) is 9.13 Å². The van der Waals surface area contributed by atoms with E-state index in [0.717, 1.165) is 55.0 Å². The molecule has 0 aliphatic carbocycles. The van der Waals surface area contributed by atoms with Gasteiger partial charge in [0, 0.05) is 21.5 Å². The molecule has 7 aromatic rings. The van der Waals surface area contributed by atoms with Crippen LogP contribution in [0, 0.1) is 12.4 Å². The summed E-state index contributed by atoms with van der Waals surface area (Å²) in [6.07, 6.45) is 0. The number of nitrogens with zero attached hydrogens (tertiary/aromatic N) is 3. The minimum absolute atomic E-state index is 0.271. The fourth-order valence-corrected chi connectivity index (χ4v) is 5.38. The number of benzene rings is 5. The van der Waals surface area contributed by atoms with Gasteiger partial charge in [0.15, 0.2) is 0 Å². The largest absolute Gasteiger partial charge is 0.317 e. The quantitative estimate of drug-likeness (QED) is 0.234. The summed E-state index contributed by atoms with van der Waals surface area (Å²) in [6.45, 7) is 7.80. The Morgan fingerprint density at radius 3 is 1.94 bits per heavy atom. The maximum absolute atomic E-state index is 14.5. The molecule has 0 radical (unpaired) electrons. The Morgan fingerprint density at radius 2 is 1.14 bits per heavy atom. The third kappa shape index (κ3) is 2.70. The van der Waals surface area contributed by atoms with Gasteiger partial charge in [-0.05, 0) is 42.5 Å². The Labute approximate surface area is 200 Å². The molecule has 2 aromatic heterocycles. The van der Waals surface area contributed by atoms with E-state index in [4.69, 9.17) is 6.57 Å². The van der Waals surface area contributed by atoms with Crippen molar-refractivity contribution < 1.29 is 4.39 Å². The maximum atomic E-state index is 14.5. The number of hydrogen-bond acceptors (Lipinski definition) is 0. The molecule has 0 aliphatic heterocycles. The summed E-state index contributed by atoms with van der Waals surface area (Å²) in [7, 11) is 0. The molecule has 0 unspecified atom stereocenters. The highest BCUT2D eigenvalue weighted by Gasteiger charge is 2.20. The van der Waals surface area contributed by atoms with Crippen molar-refractivity contribution in [3.05, 3.63) is 126 Å². The third-order valence-electron chi connectivity index (χ3n) is 6.79. The summed E-state index contributed by atoms with van der Waals surface area (Å²) in [5.41, 5.74) is 6.18. The average Bonchev–Trinajstić information content (AvgIpc) is 3.41. The summed E-state index contributed by atoms with van der Waals surface area (Å²) in [5.74, 6) is -0.271. The summed E-state index contributed by atoms with van der Waals surface area (Å²) >= 11 is 0. The van der Waals surface area contributed by atoms with Crippen LogP contribution >= 0.6 is 0 Å². The van der Waals surface area contributed by atoms with Gasteiger partial charge < -0.3 is 9.13 Å². The first-order valence-electron chi connectivity index (χ1n) is 11.4. The van der Waals surface area contributed by atoms with Gasteiger partial charge in [-0.15, -0.1) is 0 Å². The SMILES string of the molecule is [C-]#[N+]c1ccccc1-n1c2ccccc2c2cccc(-n3c4ccccc4c4ccc(F)cc43)c21. The minimum Gasteiger partial charge on any atom is -0.317 e. The Kier molecular flexibility index (Phi) is 4.09. The maximum Gasteiger partial charge on any atom is 0.210 e. The van der Waals surface area contributed by atoms with E-state index < -0.39 is 0 Å². The van der Waals surface area contributed by atoms with Crippen molar-refractivity contribution in [2.24, 2.45) is 0 Å². The van der Waals surface area contributed by atoms with Crippen molar-refractivity contribution in [1.82, 2.24) is 9.13 Å². The van der Waals surface area contributed by atoms with Crippen LogP contribution in [0.15, 0.2) is 109 Å². The highest BCUT2D eigenvalue weighted by atomic mass is 19.1. The molecule has 0 spiro atoms. The smallest absolute Gasteiger partial charge is 0.210 e. The van der Waals surface area contributed by atoms with Gasteiger partial charge in [0.1, 0.15) is 5.82 Å². The van der Waals surface area contributed by atoms with Gasteiger partial charge in [-0.1, -0.05) is 66.7 Å². The molecule has 5 aromatic carbocycles. The molecule has 0 atom stereocenters. The van der Waals surface area contributed by atoms with E-state index in [9.17, 15) is 4.39 Å². The van der Waals surface area contributed by atoms with E-state index in [2.05, 4.69) is 56.4 Å². The highest BCUT2D eigenvalue weighted by Crippen LogP contribution is 2.40. The van der Waals surface area contributed by atoms with Gasteiger partial charge in [0.05, 0.1) is 40.0 Å². The van der Waals surface area contributed by atoms with Crippen molar-refractivity contribution >= 4 is 49.3 Å².